The molecule has 0 bridgehead atoms. The lowest BCUT2D eigenvalue weighted by molar-refractivity contribution is 0.101. The molecule has 0 atom stereocenters. The molecule has 0 aliphatic heterocycles. The van der Waals surface area contributed by atoms with Gasteiger partial charge in [-0.3, -0.25) is 0 Å². The number of benzene rings is 1. The predicted octanol–water partition coefficient (Wildman–Crippen LogP) is 3.77. The van der Waals surface area contributed by atoms with E-state index >= 15 is 0 Å². The lowest BCUT2D eigenvalue weighted by Crippen LogP contribution is -2.45. The molecule has 1 rings (SSSR count). The van der Waals surface area contributed by atoms with Crippen LogP contribution in [0.5, 0.6) is 0 Å². The first-order chi connectivity index (χ1) is 7.80. The van der Waals surface area contributed by atoms with Crippen LogP contribution in [0.4, 0.5) is 4.79 Å². The standard InChI is InChI=1S/C13H18BrNO2/c1-13(2,3)15(12(16)17)9-8-10-4-6-11(14)7-5-10/h4-7H,8-9H2,1-3H3,(H,16,17). The van der Waals surface area contributed by atoms with Crippen molar-refractivity contribution in [2.24, 2.45) is 0 Å². The van der Waals surface area contributed by atoms with Gasteiger partial charge in [0, 0.05) is 16.6 Å². The fraction of sp³-hybridized carbons (Fsp3) is 0.462. The summed E-state index contributed by atoms with van der Waals surface area (Å²) in [7, 11) is 0. The normalized spacial score (nSPS) is 11.3. The Morgan fingerprint density at radius 2 is 1.82 bits per heavy atom. The summed E-state index contributed by atoms with van der Waals surface area (Å²) in [4.78, 5) is 12.6. The molecular formula is C13H18BrNO2. The second-order valence-electron chi connectivity index (χ2n) is 4.98. The minimum Gasteiger partial charge on any atom is -0.465 e. The van der Waals surface area contributed by atoms with E-state index in [1.807, 2.05) is 45.0 Å². The zero-order valence-corrected chi connectivity index (χ0v) is 12.0. The van der Waals surface area contributed by atoms with Gasteiger partial charge in [0.1, 0.15) is 0 Å². The maximum atomic E-state index is 11.1. The number of carboxylic acid groups (broad SMARTS) is 1. The number of hydrogen-bond donors (Lipinski definition) is 1. The average Bonchev–Trinajstić information content (AvgIpc) is 2.18. The fourth-order valence-electron chi connectivity index (χ4n) is 1.61. The van der Waals surface area contributed by atoms with Crippen molar-refractivity contribution in [2.45, 2.75) is 32.7 Å². The molecule has 0 unspecified atom stereocenters. The number of amides is 1. The van der Waals surface area contributed by atoms with Crippen molar-refractivity contribution in [3.63, 3.8) is 0 Å². The van der Waals surface area contributed by atoms with Crippen molar-refractivity contribution in [1.82, 2.24) is 4.90 Å². The Balaban J connectivity index is 2.65. The third kappa shape index (κ3) is 4.38. The zero-order chi connectivity index (χ0) is 13.1. The average molecular weight is 300 g/mol. The van der Waals surface area contributed by atoms with E-state index in [-0.39, 0.29) is 5.54 Å². The van der Waals surface area contributed by atoms with Gasteiger partial charge in [0.05, 0.1) is 0 Å². The van der Waals surface area contributed by atoms with Crippen LogP contribution in [0.15, 0.2) is 28.7 Å². The summed E-state index contributed by atoms with van der Waals surface area (Å²) < 4.78 is 1.03. The van der Waals surface area contributed by atoms with Crippen molar-refractivity contribution >= 4 is 22.0 Å². The number of nitrogens with zero attached hydrogens (tertiary/aromatic N) is 1. The van der Waals surface area contributed by atoms with Crippen LogP contribution in [-0.4, -0.2) is 28.2 Å². The molecule has 17 heavy (non-hydrogen) atoms. The van der Waals surface area contributed by atoms with Gasteiger partial charge in [-0.15, -0.1) is 0 Å². The van der Waals surface area contributed by atoms with Gasteiger partial charge in [-0.1, -0.05) is 28.1 Å². The number of hydrogen-bond acceptors (Lipinski definition) is 1. The molecule has 0 radical (unpaired) electrons. The minimum absolute atomic E-state index is 0.360. The Morgan fingerprint density at radius 1 is 1.29 bits per heavy atom. The van der Waals surface area contributed by atoms with Crippen molar-refractivity contribution in [1.29, 1.82) is 0 Å². The fourth-order valence-corrected chi connectivity index (χ4v) is 1.87. The SMILES string of the molecule is CC(C)(C)N(CCc1ccc(Br)cc1)C(=O)O. The lowest BCUT2D eigenvalue weighted by Gasteiger charge is -2.33. The highest BCUT2D eigenvalue weighted by atomic mass is 79.9. The summed E-state index contributed by atoms with van der Waals surface area (Å²) >= 11 is 3.38. The van der Waals surface area contributed by atoms with Gasteiger partial charge in [0.25, 0.3) is 0 Å². The Labute approximate surface area is 111 Å². The smallest absolute Gasteiger partial charge is 0.407 e. The Morgan fingerprint density at radius 3 is 2.24 bits per heavy atom. The zero-order valence-electron chi connectivity index (χ0n) is 10.4. The number of carbonyl (C=O) groups is 1. The summed E-state index contributed by atoms with van der Waals surface area (Å²) in [6.07, 6.45) is -0.133. The summed E-state index contributed by atoms with van der Waals surface area (Å²) in [6.45, 7) is 6.23. The van der Waals surface area contributed by atoms with Gasteiger partial charge < -0.3 is 10.0 Å². The Kier molecular flexibility index (Phi) is 4.57. The van der Waals surface area contributed by atoms with Gasteiger partial charge in [0.2, 0.25) is 0 Å². The van der Waals surface area contributed by atoms with Crippen LogP contribution in [0, 0.1) is 0 Å². The quantitative estimate of drug-likeness (QED) is 0.923. The molecular weight excluding hydrogens is 282 g/mol. The third-order valence-corrected chi connectivity index (χ3v) is 3.11. The first-order valence-electron chi connectivity index (χ1n) is 5.56. The highest BCUT2D eigenvalue weighted by Gasteiger charge is 2.25. The summed E-state index contributed by atoms with van der Waals surface area (Å²) in [6, 6.07) is 7.95. The molecule has 94 valence electrons. The van der Waals surface area contributed by atoms with E-state index in [0.717, 1.165) is 16.5 Å². The molecule has 1 aromatic rings. The molecule has 1 aromatic carbocycles. The molecule has 0 aliphatic carbocycles. The first-order valence-corrected chi connectivity index (χ1v) is 6.35. The van der Waals surface area contributed by atoms with E-state index in [4.69, 9.17) is 5.11 Å². The largest absolute Gasteiger partial charge is 0.465 e. The van der Waals surface area contributed by atoms with Crippen LogP contribution in [0.1, 0.15) is 26.3 Å². The molecule has 4 heteroatoms. The van der Waals surface area contributed by atoms with E-state index in [1.54, 1.807) is 0 Å². The highest BCUT2D eigenvalue weighted by molar-refractivity contribution is 9.10. The molecule has 0 spiro atoms. The molecule has 0 saturated heterocycles. The van der Waals surface area contributed by atoms with Crippen molar-refractivity contribution in [2.75, 3.05) is 6.54 Å². The molecule has 1 N–H and O–H groups in total. The number of rotatable bonds is 3. The lowest BCUT2D eigenvalue weighted by atomic mass is 10.1. The number of halogens is 1. The minimum atomic E-state index is -0.866. The van der Waals surface area contributed by atoms with Crippen molar-refractivity contribution in [3.05, 3.63) is 34.3 Å². The van der Waals surface area contributed by atoms with Crippen molar-refractivity contribution in [3.8, 4) is 0 Å². The van der Waals surface area contributed by atoms with Crippen LogP contribution < -0.4 is 0 Å². The topological polar surface area (TPSA) is 40.5 Å². The maximum Gasteiger partial charge on any atom is 0.407 e. The van der Waals surface area contributed by atoms with E-state index in [1.165, 1.54) is 4.90 Å². The summed E-state index contributed by atoms with van der Waals surface area (Å²) in [5, 5.41) is 9.15. The molecule has 0 heterocycles. The third-order valence-electron chi connectivity index (χ3n) is 2.58. The second kappa shape index (κ2) is 5.54. The van der Waals surface area contributed by atoms with E-state index in [2.05, 4.69) is 15.9 Å². The molecule has 0 fully saturated rings. The molecule has 0 aliphatic rings. The van der Waals surface area contributed by atoms with E-state index < -0.39 is 6.09 Å². The summed E-state index contributed by atoms with van der Waals surface area (Å²) in [5.41, 5.74) is 0.782. The molecule has 3 nitrogen and oxygen atoms in total. The van der Waals surface area contributed by atoms with Gasteiger partial charge >= 0.3 is 6.09 Å². The first kappa shape index (κ1) is 14.0. The Hall–Kier alpha value is -1.03. The van der Waals surface area contributed by atoms with E-state index in [0.29, 0.717) is 6.54 Å². The highest BCUT2D eigenvalue weighted by Crippen LogP contribution is 2.16. The second-order valence-corrected chi connectivity index (χ2v) is 5.90. The Bertz CT molecular complexity index is 381. The summed E-state index contributed by atoms with van der Waals surface area (Å²) in [5.74, 6) is 0. The van der Waals surface area contributed by atoms with Crippen LogP contribution in [-0.2, 0) is 6.42 Å². The molecule has 0 aromatic heterocycles. The van der Waals surface area contributed by atoms with E-state index in [9.17, 15) is 4.79 Å². The van der Waals surface area contributed by atoms with Crippen LogP contribution in [0.3, 0.4) is 0 Å². The van der Waals surface area contributed by atoms with Crippen LogP contribution in [0.2, 0.25) is 0 Å². The van der Waals surface area contributed by atoms with Crippen LogP contribution in [0.25, 0.3) is 0 Å². The van der Waals surface area contributed by atoms with Gasteiger partial charge in [0.15, 0.2) is 0 Å². The molecule has 0 saturated carbocycles. The maximum absolute atomic E-state index is 11.1. The van der Waals surface area contributed by atoms with Gasteiger partial charge in [-0.05, 0) is 44.9 Å². The van der Waals surface area contributed by atoms with Crippen molar-refractivity contribution < 1.29 is 9.90 Å². The molecule has 1 amide bonds. The van der Waals surface area contributed by atoms with Gasteiger partial charge in [-0.25, -0.2) is 4.79 Å². The monoisotopic (exact) mass is 299 g/mol. The van der Waals surface area contributed by atoms with Crippen LogP contribution >= 0.6 is 15.9 Å². The predicted molar refractivity (Wildman–Crippen MR) is 72.3 cm³/mol. The van der Waals surface area contributed by atoms with Gasteiger partial charge in [-0.2, -0.15) is 0 Å².